The number of allylic oxidation sites excluding steroid dienone is 1. The van der Waals surface area contributed by atoms with Crippen LogP contribution < -0.4 is 0 Å². The zero-order chi connectivity index (χ0) is 28.4. The van der Waals surface area contributed by atoms with Crippen LogP contribution in [0.25, 0.3) is 50.2 Å². The molecule has 0 heterocycles. The van der Waals surface area contributed by atoms with E-state index >= 15 is 0 Å². The molecule has 6 aromatic rings. The van der Waals surface area contributed by atoms with Crippen molar-refractivity contribution in [3.63, 3.8) is 0 Å². The van der Waals surface area contributed by atoms with Gasteiger partial charge in [-0.05, 0) is 98.5 Å². The highest BCUT2D eigenvalue weighted by molar-refractivity contribution is 9.10. The van der Waals surface area contributed by atoms with Crippen LogP contribution in [-0.2, 0) is 12.0 Å². The second-order valence-electron chi connectivity index (χ2n) is 11.2. The van der Waals surface area contributed by atoms with Crippen LogP contribution in [0.2, 0.25) is 0 Å². The lowest BCUT2D eigenvalue weighted by Crippen LogP contribution is -2.30. The van der Waals surface area contributed by atoms with Crippen molar-refractivity contribution >= 4 is 48.7 Å². The first-order chi connectivity index (χ1) is 20.5. The lowest BCUT2D eigenvalue weighted by molar-refractivity contribution is 0.127. The van der Waals surface area contributed by atoms with E-state index in [2.05, 4.69) is 159 Å². The van der Waals surface area contributed by atoms with Gasteiger partial charge in [-0.15, -0.1) is 0 Å². The van der Waals surface area contributed by atoms with Gasteiger partial charge in [0, 0.05) is 25.6 Å². The number of halogens is 2. The van der Waals surface area contributed by atoms with E-state index in [9.17, 15) is 5.11 Å². The summed E-state index contributed by atoms with van der Waals surface area (Å²) in [6.45, 7) is 0. The fourth-order valence-corrected chi connectivity index (χ4v) is 7.79. The molecule has 0 bridgehead atoms. The number of hydrogen-bond donors (Lipinski definition) is 1. The Morgan fingerprint density at radius 1 is 0.548 bits per heavy atom. The lowest BCUT2D eigenvalue weighted by Gasteiger charge is -2.34. The molecule has 0 atom stereocenters. The largest absolute Gasteiger partial charge is 0.376 e. The Kier molecular flexibility index (Phi) is 6.12. The summed E-state index contributed by atoms with van der Waals surface area (Å²) >= 11 is 7.49. The second-order valence-corrected chi connectivity index (χ2v) is 13.0. The van der Waals surface area contributed by atoms with Gasteiger partial charge in [-0.3, -0.25) is 0 Å². The van der Waals surface area contributed by atoms with Gasteiger partial charge in [0.1, 0.15) is 5.60 Å². The Hall–Kier alpha value is -3.76. The monoisotopic (exact) mass is 668 g/mol. The van der Waals surface area contributed by atoms with Crippen LogP contribution in [-0.4, -0.2) is 5.11 Å². The van der Waals surface area contributed by atoms with Crippen LogP contribution in [0.15, 0.2) is 130 Å². The van der Waals surface area contributed by atoms with Crippen molar-refractivity contribution in [1.29, 1.82) is 0 Å². The van der Waals surface area contributed by atoms with Crippen molar-refractivity contribution in [3.8, 4) is 33.4 Å². The Balaban J connectivity index is 1.51. The normalized spacial score (nSPS) is 14.5. The molecule has 1 nitrogen and oxygen atoms in total. The minimum absolute atomic E-state index is 0.864. The average molecular weight is 670 g/mol. The predicted molar refractivity (Wildman–Crippen MR) is 182 cm³/mol. The van der Waals surface area contributed by atoms with Crippen LogP contribution in [0.3, 0.4) is 0 Å². The molecule has 0 spiro atoms. The molecule has 0 amide bonds. The summed E-state index contributed by atoms with van der Waals surface area (Å²) < 4.78 is 1.86. The number of hydrogen-bond acceptors (Lipinski definition) is 1. The maximum atomic E-state index is 13.6. The summed E-state index contributed by atoms with van der Waals surface area (Å²) in [4.78, 5) is 0. The maximum absolute atomic E-state index is 13.6. The molecule has 8 rings (SSSR count). The van der Waals surface area contributed by atoms with E-state index in [1.807, 2.05) is 0 Å². The Morgan fingerprint density at radius 3 is 1.81 bits per heavy atom. The first kappa shape index (κ1) is 25.9. The fourth-order valence-electron chi connectivity index (χ4n) is 7.07. The minimum Gasteiger partial charge on any atom is -0.376 e. The van der Waals surface area contributed by atoms with Crippen molar-refractivity contribution in [1.82, 2.24) is 0 Å². The summed E-state index contributed by atoms with van der Waals surface area (Å²) in [5.74, 6) is 0. The lowest BCUT2D eigenvalue weighted by atomic mass is 9.74. The van der Waals surface area contributed by atoms with Gasteiger partial charge in [0.05, 0.1) is 0 Å². The number of fused-ring (bicyclic) bond motifs is 8. The average Bonchev–Trinajstić information content (AvgIpc) is 3.12. The fraction of sp³-hybridized carbons (Fsp3) is 0.0769. The summed E-state index contributed by atoms with van der Waals surface area (Å²) in [6, 6.07) is 40.5. The van der Waals surface area contributed by atoms with Crippen LogP contribution in [0.4, 0.5) is 0 Å². The molecule has 2 aliphatic carbocycles. The van der Waals surface area contributed by atoms with E-state index < -0.39 is 5.60 Å². The molecule has 6 aromatic carbocycles. The molecule has 0 aromatic heterocycles. The van der Waals surface area contributed by atoms with Crippen molar-refractivity contribution in [3.05, 3.63) is 158 Å². The van der Waals surface area contributed by atoms with E-state index in [4.69, 9.17) is 0 Å². The molecule has 0 unspecified atom stereocenters. The third kappa shape index (κ3) is 3.84. The minimum atomic E-state index is -1.43. The molecule has 202 valence electrons. The van der Waals surface area contributed by atoms with Gasteiger partial charge in [0.25, 0.3) is 0 Å². The summed E-state index contributed by atoms with van der Waals surface area (Å²) in [6.07, 6.45) is 6.53. The topological polar surface area (TPSA) is 20.2 Å². The molecule has 0 saturated carbocycles. The molecule has 2 aliphatic rings. The molecule has 0 radical (unpaired) electrons. The molecule has 0 fully saturated rings. The zero-order valence-electron chi connectivity index (χ0n) is 22.7. The Bertz CT molecular complexity index is 2020. The van der Waals surface area contributed by atoms with E-state index in [0.717, 1.165) is 66.3 Å². The molecular weight excluding hydrogens is 644 g/mol. The van der Waals surface area contributed by atoms with Gasteiger partial charge in [-0.2, -0.15) is 0 Å². The quantitative estimate of drug-likeness (QED) is 0.194. The van der Waals surface area contributed by atoms with Crippen LogP contribution in [0.5, 0.6) is 0 Å². The summed E-state index contributed by atoms with van der Waals surface area (Å²) in [5, 5.41) is 16.0. The highest BCUT2D eigenvalue weighted by atomic mass is 79.9. The highest BCUT2D eigenvalue weighted by Crippen LogP contribution is 2.53. The van der Waals surface area contributed by atoms with Crippen LogP contribution in [0.1, 0.15) is 34.2 Å². The van der Waals surface area contributed by atoms with E-state index in [1.165, 1.54) is 27.5 Å². The molecule has 0 aliphatic heterocycles. The molecule has 0 saturated heterocycles. The second kappa shape index (κ2) is 9.91. The zero-order valence-corrected chi connectivity index (χ0v) is 25.9. The number of rotatable bonds is 2. The Labute approximate surface area is 262 Å². The third-order valence-corrected chi connectivity index (χ3v) is 9.89. The van der Waals surface area contributed by atoms with E-state index in [0.29, 0.717) is 0 Å². The van der Waals surface area contributed by atoms with Crippen LogP contribution in [0, 0.1) is 0 Å². The SMILES string of the molecule is OC1(c2ccccc2-c2cc3ccccc3c3c2CCC=C3)c2cc(Br)ccc2-c2ccccc2-c2ccc(Br)cc21. The van der Waals surface area contributed by atoms with Crippen molar-refractivity contribution < 1.29 is 5.11 Å². The molecule has 1 N–H and O–H groups in total. The van der Waals surface area contributed by atoms with Crippen LogP contribution >= 0.6 is 31.9 Å². The number of benzene rings is 6. The van der Waals surface area contributed by atoms with Gasteiger partial charge in [0.2, 0.25) is 0 Å². The highest BCUT2D eigenvalue weighted by Gasteiger charge is 2.42. The van der Waals surface area contributed by atoms with Gasteiger partial charge in [-0.25, -0.2) is 0 Å². The molecule has 42 heavy (non-hydrogen) atoms. The first-order valence-corrected chi connectivity index (χ1v) is 15.9. The number of aliphatic hydroxyl groups is 1. The van der Waals surface area contributed by atoms with Gasteiger partial charge in [0.15, 0.2) is 0 Å². The molecule has 3 heteroatoms. The van der Waals surface area contributed by atoms with Crippen molar-refractivity contribution in [2.24, 2.45) is 0 Å². The van der Waals surface area contributed by atoms with Gasteiger partial charge >= 0.3 is 0 Å². The van der Waals surface area contributed by atoms with Crippen molar-refractivity contribution in [2.45, 2.75) is 18.4 Å². The van der Waals surface area contributed by atoms with E-state index in [1.54, 1.807) is 0 Å². The van der Waals surface area contributed by atoms with Gasteiger partial charge < -0.3 is 5.11 Å². The first-order valence-electron chi connectivity index (χ1n) is 14.3. The predicted octanol–water partition coefficient (Wildman–Crippen LogP) is 10.9. The molecular formula is C39H26Br2O. The Morgan fingerprint density at radius 2 is 1.12 bits per heavy atom. The third-order valence-electron chi connectivity index (χ3n) is 8.90. The smallest absolute Gasteiger partial charge is 0.142 e. The summed E-state index contributed by atoms with van der Waals surface area (Å²) in [7, 11) is 0. The maximum Gasteiger partial charge on any atom is 0.142 e. The standard InChI is InChI=1S/C39H26Br2O/c40-25-17-19-33-29-12-4-5-13-30(29)34-20-18-26(41)23-38(34)39(42,37(33)22-25)36-16-8-7-15-32(36)35-21-24-9-1-2-10-27(24)28-11-3-6-14-31(28)35/h1-5,7-13,15-23,42H,6,14H2. The summed E-state index contributed by atoms with van der Waals surface area (Å²) in [5.41, 5.74) is 10.3. The van der Waals surface area contributed by atoms with Crippen molar-refractivity contribution in [2.75, 3.05) is 0 Å². The van der Waals surface area contributed by atoms with E-state index in [-0.39, 0.29) is 0 Å². The van der Waals surface area contributed by atoms with Gasteiger partial charge in [-0.1, -0.05) is 129 Å².